The van der Waals surface area contributed by atoms with Crippen molar-refractivity contribution < 1.29 is 0 Å². The van der Waals surface area contributed by atoms with Gasteiger partial charge in [0.15, 0.2) is 5.11 Å². The van der Waals surface area contributed by atoms with Crippen molar-refractivity contribution >= 4 is 34.6 Å². The van der Waals surface area contributed by atoms with Crippen molar-refractivity contribution in [3.8, 4) is 0 Å². The van der Waals surface area contributed by atoms with Crippen LogP contribution in [0.25, 0.3) is 0 Å². The number of aryl methyl sites for hydroxylation is 3. The van der Waals surface area contributed by atoms with E-state index in [1.807, 2.05) is 35.8 Å². The van der Waals surface area contributed by atoms with Crippen LogP contribution in [0.15, 0.2) is 24.4 Å². The first-order valence-corrected chi connectivity index (χ1v) is 8.00. The van der Waals surface area contributed by atoms with Gasteiger partial charge in [-0.3, -0.25) is 4.68 Å². The summed E-state index contributed by atoms with van der Waals surface area (Å²) in [7, 11) is 1.93. The molecular weight excluding hydrogens is 316 g/mol. The fourth-order valence-electron chi connectivity index (χ4n) is 2.17. The molecule has 0 saturated carbocycles. The minimum atomic E-state index is 0.572. The van der Waals surface area contributed by atoms with Crippen LogP contribution in [0, 0.1) is 13.8 Å². The number of nitrogens with one attached hydrogen (secondary N) is 1. The number of hydrogen-bond donors (Lipinski definition) is 1. The molecule has 0 unspecified atom stereocenters. The minimum Gasteiger partial charge on any atom is -0.346 e. The van der Waals surface area contributed by atoms with E-state index in [1.54, 1.807) is 0 Å². The quantitative estimate of drug-likeness (QED) is 0.855. The van der Waals surface area contributed by atoms with Gasteiger partial charge in [0, 0.05) is 25.5 Å². The third-order valence-electron chi connectivity index (χ3n) is 3.47. The Hall–Kier alpha value is -1.59. The Kier molecular flexibility index (Phi) is 5.42. The molecule has 0 aliphatic rings. The average Bonchev–Trinajstić information content (AvgIpc) is 2.82. The van der Waals surface area contributed by atoms with Gasteiger partial charge in [-0.05, 0) is 44.6 Å². The van der Waals surface area contributed by atoms with Gasteiger partial charge in [-0.2, -0.15) is 5.10 Å². The minimum absolute atomic E-state index is 0.572. The maximum absolute atomic E-state index is 6.20. The molecule has 1 N–H and O–H groups in total. The zero-order valence-electron chi connectivity index (χ0n) is 13.4. The van der Waals surface area contributed by atoms with Gasteiger partial charge >= 0.3 is 0 Å². The van der Waals surface area contributed by atoms with Crippen molar-refractivity contribution in [1.82, 2.24) is 14.7 Å². The third kappa shape index (κ3) is 3.99. The number of aromatic nitrogens is 2. The van der Waals surface area contributed by atoms with E-state index in [0.717, 1.165) is 17.9 Å². The van der Waals surface area contributed by atoms with Gasteiger partial charge in [-0.1, -0.05) is 29.3 Å². The van der Waals surface area contributed by atoms with Crippen molar-refractivity contribution in [2.45, 2.75) is 33.9 Å². The van der Waals surface area contributed by atoms with Gasteiger partial charge in [0.25, 0.3) is 0 Å². The first kappa shape index (κ1) is 16.8. The second-order valence-electron chi connectivity index (χ2n) is 5.38. The molecule has 0 spiro atoms. The summed E-state index contributed by atoms with van der Waals surface area (Å²) in [5.41, 5.74) is 4.26. The van der Waals surface area contributed by atoms with Crippen LogP contribution in [0.3, 0.4) is 0 Å². The van der Waals surface area contributed by atoms with Gasteiger partial charge in [-0.25, -0.2) is 0 Å². The lowest BCUT2D eigenvalue weighted by Gasteiger charge is -2.21. The second kappa shape index (κ2) is 7.11. The molecule has 0 fully saturated rings. The highest BCUT2D eigenvalue weighted by atomic mass is 35.5. The van der Waals surface area contributed by atoms with Crippen LogP contribution in [0.4, 0.5) is 5.69 Å². The van der Waals surface area contributed by atoms with Crippen molar-refractivity contribution in [2.75, 3.05) is 12.4 Å². The first-order chi connectivity index (χ1) is 10.4. The summed E-state index contributed by atoms with van der Waals surface area (Å²) in [6.45, 7) is 7.55. The summed E-state index contributed by atoms with van der Waals surface area (Å²) in [5.74, 6) is 0. The Balaban J connectivity index is 2.04. The largest absolute Gasteiger partial charge is 0.346 e. The van der Waals surface area contributed by atoms with E-state index in [2.05, 4.69) is 36.4 Å². The first-order valence-electron chi connectivity index (χ1n) is 7.22. The molecule has 0 bridgehead atoms. The lowest BCUT2D eigenvalue weighted by molar-refractivity contribution is 0.492. The molecule has 2 aromatic rings. The number of hydrogen-bond acceptors (Lipinski definition) is 2. The lowest BCUT2D eigenvalue weighted by atomic mass is 10.1. The number of rotatable bonds is 4. The van der Waals surface area contributed by atoms with Crippen molar-refractivity contribution in [2.24, 2.45) is 0 Å². The van der Waals surface area contributed by atoms with Crippen LogP contribution < -0.4 is 5.32 Å². The van der Waals surface area contributed by atoms with Crippen LogP contribution in [0.5, 0.6) is 0 Å². The number of benzene rings is 1. The summed E-state index contributed by atoms with van der Waals surface area (Å²) in [6.07, 6.45) is 1.84. The zero-order chi connectivity index (χ0) is 16.3. The van der Waals surface area contributed by atoms with Crippen LogP contribution in [0.2, 0.25) is 5.02 Å². The number of anilines is 1. The molecule has 1 heterocycles. The molecule has 1 aromatic carbocycles. The van der Waals surface area contributed by atoms with E-state index >= 15 is 0 Å². The Morgan fingerprint density at radius 3 is 2.73 bits per heavy atom. The predicted molar refractivity (Wildman–Crippen MR) is 96.5 cm³/mol. The van der Waals surface area contributed by atoms with Crippen LogP contribution in [-0.4, -0.2) is 26.8 Å². The van der Waals surface area contributed by atoms with Crippen molar-refractivity contribution in [3.05, 3.63) is 46.2 Å². The molecule has 0 radical (unpaired) electrons. The smallest absolute Gasteiger partial charge is 0.173 e. The summed E-state index contributed by atoms with van der Waals surface area (Å²) in [4.78, 5) is 1.93. The summed E-state index contributed by atoms with van der Waals surface area (Å²) < 4.78 is 1.83. The summed E-state index contributed by atoms with van der Waals surface area (Å²) >= 11 is 11.7. The molecular formula is C16H21ClN4S. The Bertz CT molecular complexity index is 681. The van der Waals surface area contributed by atoms with E-state index in [4.69, 9.17) is 23.8 Å². The van der Waals surface area contributed by atoms with E-state index in [1.165, 1.54) is 11.1 Å². The fourth-order valence-corrected chi connectivity index (χ4v) is 2.55. The summed E-state index contributed by atoms with van der Waals surface area (Å²) in [5, 5.41) is 9.04. The van der Waals surface area contributed by atoms with E-state index in [0.29, 0.717) is 16.7 Å². The highest BCUT2D eigenvalue weighted by Crippen LogP contribution is 2.18. The predicted octanol–water partition coefficient (Wildman–Crippen LogP) is 4.00. The highest BCUT2D eigenvalue weighted by Gasteiger charge is 2.12. The van der Waals surface area contributed by atoms with Crippen LogP contribution in [-0.2, 0) is 13.1 Å². The SMILES string of the molecule is CCn1cc(Cl)c(CN(C)C(=S)Nc2ccc(C)cc2C)n1. The molecule has 4 nitrogen and oxygen atoms in total. The van der Waals surface area contributed by atoms with E-state index in [-0.39, 0.29) is 0 Å². The highest BCUT2D eigenvalue weighted by molar-refractivity contribution is 7.80. The van der Waals surface area contributed by atoms with Gasteiger partial charge in [0.1, 0.15) is 5.69 Å². The molecule has 0 amide bonds. The summed E-state index contributed by atoms with van der Waals surface area (Å²) in [6, 6.07) is 6.24. The van der Waals surface area contributed by atoms with Crippen molar-refractivity contribution in [3.63, 3.8) is 0 Å². The Labute approximate surface area is 142 Å². The molecule has 0 saturated heterocycles. The second-order valence-corrected chi connectivity index (χ2v) is 6.18. The zero-order valence-corrected chi connectivity index (χ0v) is 14.9. The molecule has 6 heteroatoms. The molecule has 0 atom stereocenters. The van der Waals surface area contributed by atoms with Gasteiger partial charge in [-0.15, -0.1) is 0 Å². The number of nitrogens with zero attached hydrogens (tertiary/aromatic N) is 3. The van der Waals surface area contributed by atoms with Crippen LogP contribution in [0.1, 0.15) is 23.7 Å². The van der Waals surface area contributed by atoms with Crippen LogP contribution >= 0.6 is 23.8 Å². The third-order valence-corrected chi connectivity index (χ3v) is 4.20. The van der Waals surface area contributed by atoms with E-state index in [9.17, 15) is 0 Å². The van der Waals surface area contributed by atoms with Gasteiger partial charge in [0.05, 0.1) is 11.6 Å². The molecule has 0 aliphatic carbocycles. The standard InChI is InChI=1S/C16H21ClN4S/c1-5-21-9-13(17)15(19-21)10-20(4)16(22)18-14-7-6-11(2)8-12(14)3/h6-9H,5,10H2,1-4H3,(H,18,22). The topological polar surface area (TPSA) is 33.1 Å². The maximum Gasteiger partial charge on any atom is 0.173 e. The Morgan fingerprint density at radius 2 is 2.14 bits per heavy atom. The average molecular weight is 337 g/mol. The van der Waals surface area contributed by atoms with Gasteiger partial charge < -0.3 is 10.2 Å². The molecule has 118 valence electrons. The van der Waals surface area contributed by atoms with E-state index < -0.39 is 0 Å². The maximum atomic E-state index is 6.20. The fraction of sp³-hybridized carbons (Fsp3) is 0.375. The normalized spacial score (nSPS) is 10.6. The van der Waals surface area contributed by atoms with Crippen molar-refractivity contribution in [1.29, 1.82) is 0 Å². The molecule has 2 rings (SSSR count). The van der Waals surface area contributed by atoms with Gasteiger partial charge in [0.2, 0.25) is 0 Å². The molecule has 0 aliphatic heterocycles. The molecule has 22 heavy (non-hydrogen) atoms. The lowest BCUT2D eigenvalue weighted by Crippen LogP contribution is -2.31. The Morgan fingerprint density at radius 1 is 1.41 bits per heavy atom. The molecule has 1 aromatic heterocycles. The monoisotopic (exact) mass is 336 g/mol. The number of thiocarbonyl (C=S) groups is 1. The number of halogens is 1.